The second-order valence-corrected chi connectivity index (χ2v) is 16.3. The van der Waals surface area contributed by atoms with Crippen molar-refractivity contribution in [1.82, 2.24) is 0 Å². The molecule has 3 nitrogen and oxygen atoms in total. The summed E-state index contributed by atoms with van der Waals surface area (Å²) in [5.41, 5.74) is 3.16. The zero-order valence-corrected chi connectivity index (χ0v) is 25.7. The predicted molar refractivity (Wildman–Crippen MR) is 159 cm³/mol. The lowest BCUT2D eigenvalue weighted by Crippen LogP contribution is -2.65. The van der Waals surface area contributed by atoms with Crippen LogP contribution < -0.4 is 0 Å². The molecule has 0 amide bonds. The van der Waals surface area contributed by atoms with Crippen LogP contribution in [-0.4, -0.2) is 10.2 Å². The van der Waals surface area contributed by atoms with Crippen LogP contribution in [0.5, 0.6) is 11.5 Å². The van der Waals surface area contributed by atoms with Gasteiger partial charge in [-0.3, -0.25) is 0 Å². The number of fused-ring (bicyclic) bond motifs is 7. The largest absolute Gasteiger partial charge is 0.504 e. The Hall–Kier alpha value is -2.19. The van der Waals surface area contributed by atoms with Crippen molar-refractivity contribution in [1.29, 1.82) is 5.26 Å². The van der Waals surface area contributed by atoms with Crippen LogP contribution in [0.3, 0.4) is 0 Å². The molecule has 2 unspecified atom stereocenters. The highest BCUT2D eigenvalue weighted by Gasteiger charge is 2.68. The van der Waals surface area contributed by atoms with Gasteiger partial charge in [0.1, 0.15) is 5.82 Å². The van der Waals surface area contributed by atoms with Gasteiger partial charge < -0.3 is 10.2 Å². The van der Waals surface area contributed by atoms with E-state index in [1.165, 1.54) is 30.5 Å². The van der Waals surface area contributed by atoms with Crippen molar-refractivity contribution in [3.63, 3.8) is 0 Å². The Morgan fingerprint density at radius 2 is 1.52 bits per heavy atom. The molecule has 0 bridgehead atoms. The number of hydrogen-bond donors (Lipinski definition) is 2. The molecular weight excluding hydrogens is 517 g/mol. The van der Waals surface area contributed by atoms with Crippen LogP contribution in [0.2, 0.25) is 0 Å². The zero-order chi connectivity index (χ0) is 28.9. The maximum atomic E-state index is 13.8. The third kappa shape index (κ3) is 3.73. The second kappa shape index (κ2) is 8.90. The highest BCUT2D eigenvalue weighted by atomic mass is 32.2. The molecule has 2 N–H and O–H groups in total. The number of nitriles is 1. The average Bonchev–Trinajstić information content (AvgIpc) is 2.92. The normalized spacial score (nSPS) is 42.1. The van der Waals surface area contributed by atoms with Crippen molar-refractivity contribution in [2.45, 2.75) is 108 Å². The van der Waals surface area contributed by atoms with Crippen LogP contribution in [0.4, 0.5) is 4.39 Å². The van der Waals surface area contributed by atoms with E-state index in [0.717, 1.165) is 54.5 Å². The molecular formula is C35H44FNO2S. The third-order valence-corrected chi connectivity index (χ3v) is 14.3. The van der Waals surface area contributed by atoms with Crippen LogP contribution in [0.1, 0.15) is 108 Å². The molecule has 0 spiro atoms. The van der Waals surface area contributed by atoms with Gasteiger partial charge >= 0.3 is 0 Å². The van der Waals surface area contributed by atoms with Crippen molar-refractivity contribution < 1.29 is 14.6 Å². The average molecular weight is 562 g/mol. The van der Waals surface area contributed by atoms with E-state index >= 15 is 0 Å². The van der Waals surface area contributed by atoms with E-state index in [1.807, 2.05) is 25.1 Å². The van der Waals surface area contributed by atoms with E-state index in [-0.39, 0.29) is 49.6 Å². The Balaban J connectivity index is 1.49. The van der Waals surface area contributed by atoms with Crippen LogP contribution >= 0.6 is 11.8 Å². The van der Waals surface area contributed by atoms with E-state index in [0.29, 0.717) is 11.8 Å². The summed E-state index contributed by atoms with van der Waals surface area (Å²) in [5.74, 6) is 0.588. The van der Waals surface area contributed by atoms with E-state index in [2.05, 4.69) is 40.7 Å². The first-order valence-corrected chi connectivity index (χ1v) is 16.0. The minimum absolute atomic E-state index is 0.0243. The fourth-order valence-corrected chi connectivity index (χ4v) is 11.6. The topological polar surface area (TPSA) is 64.2 Å². The van der Waals surface area contributed by atoms with Crippen molar-refractivity contribution >= 4 is 11.8 Å². The summed E-state index contributed by atoms with van der Waals surface area (Å²) in [6.07, 6.45) is 8.59. The van der Waals surface area contributed by atoms with E-state index in [9.17, 15) is 19.9 Å². The fraction of sp³-hybridized carbons (Fsp3) is 0.629. The number of benzene rings is 2. The molecule has 0 heterocycles. The molecule has 0 aromatic heterocycles. The smallest absolute Gasteiger partial charge is 0.160 e. The number of nitrogens with zero attached hydrogens (tertiary/aromatic N) is 1. The summed E-state index contributed by atoms with van der Waals surface area (Å²) in [6.45, 7) is 14.1. The number of phenols is 2. The number of aromatic hydroxyl groups is 2. The summed E-state index contributed by atoms with van der Waals surface area (Å²) >= 11 is 1.76. The molecule has 4 aliphatic carbocycles. The van der Waals surface area contributed by atoms with Crippen LogP contribution in [0.15, 0.2) is 35.2 Å². The summed E-state index contributed by atoms with van der Waals surface area (Å²) < 4.78 is 13.8. The standard InChI is InChI=1S/C35H44FNO2S/c1-21-29-24(17-25(38)30(21)39)33(4)14-16-35(6)28-19-31(2,20-37)11-12-32(28,3)13-15-34(35,5)27(33)18-26(29)40-23-9-7-22(36)8-10-23/h7-10,17,26-28,38-39H,11-16,18-19H2,1-6H3/t26?,27?,28-,31-,32-,33+,34-,35+/m1/s1. The Bertz CT molecular complexity index is 1400. The number of rotatable bonds is 2. The van der Waals surface area contributed by atoms with Crippen molar-refractivity contribution in [3.8, 4) is 17.6 Å². The number of halogens is 1. The fourth-order valence-electron chi connectivity index (χ4n) is 10.2. The molecule has 3 saturated carbocycles. The third-order valence-electron chi connectivity index (χ3n) is 13.1. The Morgan fingerprint density at radius 1 is 0.900 bits per heavy atom. The summed E-state index contributed by atoms with van der Waals surface area (Å²) in [6, 6.07) is 11.3. The summed E-state index contributed by atoms with van der Waals surface area (Å²) in [4.78, 5) is 1.02. The van der Waals surface area contributed by atoms with Gasteiger partial charge in [0, 0.05) is 10.1 Å². The molecule has 8 atom stereocenters. The molecule has 0 saturated heterocycles. The zero-order valence-electron chi connectivity index (χ0n) is 24.9. The summed E-state index contributed by atoms with van der Waals surface area (Å²) in [5, 5.41) is 31.9. The molecule has 2 aromatic carbocycles. The van der Waals surface area contributed by atoms with Gasteiger partial charge in [-0.05, 0) is 146 Å². The molecule has 0 radical (unpaired) electrons. The van der Waals surface area contributed by atoms with E-state index < -0.39 is 0 Å². The number of phenolic OH excluding ortho intramolecular Hbond substituents is 2. The Kier molecular flexibility index (Phi) is 6.22. The molecule has 214 valence electrons. The van der Waals surface area contributed by atoms with Crippen molar-refractivity contribution in [2.75, 3.05) is 0 Å². The molecule has 5 heteroatoms. The van der Waals surface area contributed by atoms with Crippen LogP contribution in [0, 0.1) is 57.6 Å². The first-order chi connectivity index (χ1) is 18.7. The van der Waals surface area contributed by atoms with Gasteiger partial charge in [-0.15, -0.1) is 11.8 Å². The minimum atomic E-state index is -0.257. The van der Waals surface area contributed by atoms with E-state index in [4.69, 9.17) is 0 Å². The predicted octanol–water partition coefficient (Wildman–Crippen LogP) is 9.59. The van der Waals surface area contributed by atoms with Gasteiger partial charge in [0.25, 0.3) is 0 Å². The highest BCUT2D eigenvalue weighted by molar-refractivity contribution is 7.99. The van der Waals surface area contributed by atoms with Gasteiger partial charge in [-0.25, -0.2) is 4.39 Å². The van der Waals surface area contributed by atoms with Crippen molar-refractivity contribution in [3.05, 3.63) is 52.8 Å². The SMILES string of the molecule is Cc1c(O)c(O)cc2c1C(Sc1ccc(F)cc1)CC1[C@@]2(C)CC[C@@]2(C)[C@@H]3C[C@](C)(C#N)CC[C@]3(C)CC[C@]12C. The minimum Gasteiger partial charge on any atom is -0.504 e. The monoisotopic (exact) mass is 561 g/mol. The quantitative estimate of drug-likeness (QED) is 0.358. The lowest BCUT2D eigenvalue weighted by Gasteiger charge is -2.72. The lowest BCUT2D eigenvalue weighted by atomic mass is 9.32. The van der Waals surface area contributed by atoms with Gasteiger partial charge in [0.15, 0.2) is 11.5 Å². The maximum absolute atomic E-state index is 13.8. The molecule has 40 heavy (non-hydrogen) atoms. The second-order valence-electron chi connectivity index (χ2n) is 15.0. The van der Waals surface area contributed by atoms with Crippen molar-refractivity contribution in [2.24, 2.45) is 33.5 Å². The molecule has 6 rings (SSSR count). The Labute approximate surface area is 243 Å². The molecule has 4 aliphatic rings. The molecule has 3 fully saturated rings. The number of thioether (sulfide) groups is 1. The first-order valence-electron chi connectivity index (χ1n) is 15.1. The van der Waals surface area contributed by atoms with Gasteiger partial charge in [0.05, 0.1) is 11.5 Å². The molecule has 0 aliphatic heterocycles. The van der Waals surface area contributed by atoms with E-state index in [1.54, 1.807) is 11.8 Å². The van der Waals surface area contributed by atoms with Gasteiger partial charge in [-0.1, -0.05) is 27.7 Å². The summed E-state index contributed by atoms with van der Waals surface area (Å²) in [7, 11) is 0. The molecule has 2 aromatic rings. The van der Waals surface area contributed by atoms with Crippen LogP contribution in [-0.2, 0) is 5.41 Å². The van der Waals surface area contributed by atoms with Crippen LogP contribution in [0.25, 0.3) is 0 Å². The van der Waals surface area contributed by atoms with Gasteiger partial charge in [-0.2, -0.15) is 5.26 Å². The number of hydrogen-bond acceptors (Lipinski definition) is 4. The lowest BCUT2D eigenvalue weighted by molar-refractivity contribution is -0.207. The Morgan fingerprint density at radius 3 is 2.20 bits per heavy atom. The first kappa shape index (κ1) is 28.0. The highest BCUT2D eigenvalue weighted by Crippen LogP contribution is 2.76. The maximum Gasteiger partial charge on any atom is 0.160 e. The van der Waals surface area contributed by atoms with Gasteiger partial charge in [0.2, 0.25) is 0 Å².